The zero-order valence-electron chi connectivity index (χ0n) is 19.6. The van der Waals surface area contributed by atoms with E-state index in [9.17, 15) is 0 Å². The summed E-state index contributed by atoms with van der Waals surface area (Å²) in [6.45, 7) is 14.2. The van der Waals surface area contributed by atoms with Gasteiger partial charge in [0.2, 0.25) is 0 Å². The van der Waals surface area contributed by atoms with Gasteiger partial charge in [0.1, 0.15) is 24.7 Å². The van der Waals surface area contributed by atoms with Gasteiger partial charge < -0.3 is 26.6 Å². The van der Waals surface area contributed by atoms with Crippen LogP contribution < -0.4 is 9.47 Å². The lowest BCUT2D eigenvalue weighted by atomic mass is 10.3. The molecule has 0 fully saturated rings. The van der Waals surface area contributed by atoms with E-state index in [2.05, 4.69) is 0 Å². The van der Waals surface area contributed by atoms with Gasteiger partial charge in [-0.2, -0.15) is 0 Å². The smallest absolute Gasteiger partial charge is 0.323 e. The summed E-state index contributed by atoms with van der Waals surface area (Å²) >= 11 is 0. The monoisotopic (exact) mass is 480 g/mol. The van der Waals surface area contributed by atoms with E-state index >= 15 is 0 Å². The average Bonchev–Trinajstić information content (AvgIpc) is 2.68. The van der Waals surface area contributed by atoms with E-state index in [1.165, 1.54) is 0 Å². The van der Waals surface area contributed by atoms with Crippen LogP contribution in [0.3, 0.4) is 0 Å². The number of ether oxygens (including phenoxy) is 2. The van der Waals surface area contributed by atoms with Gasteiger partial charge in [-0.3, -0.25) is 0 Å². The Hall–Kier alpha value is -1.47. The number of rotatable bonds is 14. The van der Waals surface area contributed by atoms with E-state index in [-0.39, 0.29) is 0 Å². The molecule has 0 unspecified atom stereocenters. The molecule has 0 aliphatic heterocycles. The van der Waals surface area contributed by atoms with Gasteiger partial charge in [-0.05, 0) is 63.5 Å². The molecule has 2 rings (SSSR count). The first-order chi connectivity index (χ1) is 14.6. The first-order valence-electron chi connectivity index (χ1n) is 10.6. The molecule has 0 heterocycles. The van der Waals surface area contributed by atoms with Crippen LogP contribution in [-0.4, -0.2) is 52.1 Å². The summed E-state index contributed by atoms with van der Waals surface area (Å²) in [6.07, 6.45) is 0. The lowest BCUT2D eigenvalue weighted by Crippen LogP contribution is -2.54. The molecule has 31 heavy (non-hydrogen) atoms. The molecule has 0 saturated carbocycles. The Labute approximate surface area is 190 Å². The van der Waals surface area contributed by atoms with Crippen LogP contribution in [0.4, 0.5) is 0 Å². The Morgan fingerprint density at radius 2 is 0.839 bits per heavy atom. The minimum atomic E-state index is -2.43. The van der Waals surface area contributed by atoms with Crippen LogP contribution in [-0.2, 0) is 17.1 Å². The molecule has 0 radical (unpaired) electrons. The topological polar surface area (TPSA) is 55.4 Å². The van der Waals surface area contributed by atoms with Crippen LogP contribution in [0.5, 0.6) is 11.5 Å². The quantitative estimate of drug-likeness (QED) is 0.270. The van der Waals surface area contributed by atoms with Gasteiger partial charge in [0.05, 0.1) is 13.2 Å². The SMILES string of the molecule is C[Si](C)(OCCOc1ccccc1)O[Si](C)(C)O[Si](C)(C)OCCOc1ccccc1. The van der Waals surface area contributed by atoms with E-state index in [1.54, 1.807) is 0 Å². The van der Waals surface area contributed by atoms with Gasteiger partial charge in [-0.15, -0.1) is 0 Å². The lowest BCUT2D eigenvalue weighted by Gasteiger charge is -2.37. The Bertz CT molecular complexity index is 693. The van der Waals surface area contributed by atoms with Crippen molar-refractivity contribution in [3.8, 4) is 11.5 Å². The Balaban J connectivity index is 1.70. The van der Waals surface area contributed by atoms with E-state index in [4.69, 9.17) is 26.6 Å². The molecule has 0 aliphatic carbocycles. The van der Waals surface area contributed by atoms with Crippen molar-refractivity contribution in [1.82, 2.24) is 0 Å². The summed E-state index contributed by atoms with van der Waals surface area (Å²) in [5.41, 5.74) is 0. The van der Waals surface area contributed by atoms with Crippen molar-refractivity contribution in [3.63, 3.8) is 0 Å². The number of para-hydroxylation sites is 2. The fourth-order valence-corrected chi connectivity index (χ4v) is 14.8. The average molecular weight is 481 g/mol. The molecule has 172 valence electrons. The fraction of sp³-hybridized carbons (Fsp3) is 0.455. The molecule has 0 spiro atoms. The van der Waals surface area contributed by atoms with E-state index in [1.807, 2.05) is 99.9 Å². The third kappa shape index (κ3) is 11.1. The highest BCUT2D eigenvalue weighted by Gasteiger charge is 2.41. The van der Waals surface area contributed by atoms with Crippen LogP contribution in [0, 0.1) is 0 Å². The molecule has 0 aromatic heterocycles. The van der Waals surface area contributed by atoms with Crippen molar-refractivity contribution < 1.29 is 26.6 Å². The summed E-state index contributed by atoms with van der Waals surface area (Å²) < 4.78 is 36.3. The minimum Gasteiger partial charge on any atom is -0.491 e. The van der Waals surface area contributed by atoms with E-state index < -0.39 is 25.7 Å². The molecule has 2 aromatic rings. The minimum absolute atomic E-state index is 0.479. The molecule has 0 N–H and O–H groups in total. The highest BCUT2D eigenvalue weighted by atomic mass is 28.5. The van der Waals surface area contributed by atoms with Crippen molar-refractivity contribution in [2.75, 3.05) is 26.4 Å². The Kier molecular flexibility index (Phi) is 9.94. The van der Waals surface area contributed by atoms with Gasteiger partial charge in [-0.25, -0.2) is 0 Å². The fourth-order valence-electron chi connectivity index (χ4n) is 3.19. The second-order valence-corrected chi connectivity index (χ2v) is 19.0. The maximum Gasteiger partial charge on any atom is 0.323 e. The predicted molar refractivity (Wildman–Crippen MR) is 130 cm³/mol. The third-order valence-corrected chi connectivity index (χ3v) is 13.7. The second-order valence-electron chi connectivity index (χ2n) is 8.42. The van der Waals surface area contributed by atoms with Gasteiger partial charge in [0.25, 0.3) is 0 Å². The number of hydrogen-bond acceptors (Lipinski definition) is 6. The molecule has 0 bridgehead atoms. The highest BCUT2D eigenvalue weighted by molar-refractivity contribution is 6.84. The first kappa shape index (κ1) is 25.8. The van der Waals surface area contributed by atoms with Crippen molar-refractivity contribution >= 4 is 25.7 Å². The first-order valence-corrected chi connectivity index (χ1v) is 19.1. The normalized spacial score (nSPS) is 12.6. The maximum atomic E-state index is 6.39. The molecule has 9 heteroatoms. The summed E-state index contributed by atoms with van der Waals surface area (Å²) in [6, 6.07) is 19.4. The summed E-state index contributed by atoms with van der Waals surface area (Å²) in [7, 11) is -7.15. The third-order valence-electron chi connectivity index (χ3n) is 4.07. The van der Waals surface area contributed by atoms with Crippen LogP contribution >= 0.6 is 0 Å². The van der Waals surface area contributed by atoms with E-state index in [0.29, 0.717) is 26.4 Å². The number of benzene rings is 2. The van der Waals surface area contributed by atoms with Gasteiger partial charge in [-0.1, -0.05) is 36.4 Å². The Morgan fingerprint density at radius 1 is 0.484 bits per heavy atom. The summed E-state index contributed by atoms with van der Waals surface area (Å²) in [4.78, 5) is 0. The molecule has 6 nitrogen and oxygen atoms in total. The molecular formula is C22H36O6Si3. The summed E-state index contributed by atoms with van der Waals surface area (Å²) in [5, 5.41) is 0. The zero-order chi connectivity index (χ0) is 22.8. The standard InChI is InChI=1S/C22H36O6Si3/c1-29(2,25-19-17-23-21-13-9-7-10-14-21)27-31(5,6)28-30(3,4)26-20-18-24-22-15-11-8-12-16-22/h7-16H,17-20H2,1-6H3. The largest absolute Gasteiger partial charge is 0.491 e. The van der Waals surface area contributed by atoms with Crippen molar-refractivity contribution in [3.05, 3.63) is 60.7 Å². The van der Waals surface area contributed by atoms with Crippen LogP contribution in [0.1, 0.15) is 0 Å². The van der Waals surface area contributed by atoms with Crippen LogP contribution in [0.25, 0.3) is 0 Å². The van der Waals surface area contributed by atoms with Crippen LogP contribution in [0.2, 0.25) is 39.3 Å². The van der Waals surface area contributed by atoms with Gasteiger partial charge in [0.15, 0.2) is 0 Å². The second kappa shape index (κ2) is 12.0. The highest BCUT2D eigenvalue weighted by Crippen LogP contribution is 2.22. The Morgan fingerprint density at radius 3 is 1.19 bits per heavy atom. The van der Waals surface area contributed by atoms with Crippen molar-refractivity contribution in [2.24, 2.45) is 0 Å². The molecular weight excluding hydrogens is 444 g/mol. The molecule has 0 atom stereocenters. The maximum absolute atomic E-state index is 6.39. The van der Waals surface area contributed by atoms with Gasteiger partial charge in [0, 0.05) is 0 Å². The van der Waals surface area contributed by atoms with Gasteiger partial charge >= 0.3 is 25.7 Å². The van der Waals surface area contributed by atoms with E-state index in [0.717, 1.165) is 11.5 Å². The molecule has 0 saturated heterocycles. The lowest BCUT2D eigenvalue weighted by molar-refractivity contribution is 0.162. The van der Waals surface area contributed by atoms with Crippen molar-refractivity contribution in [2.45, 2.75) is 39.3 Å². The predicted octanol–water partition coefficient (Wildman–Crippen LogP) is 5.32. The molecule has 0 amide bonds. The van der Waals surface area contributed by atoms with Crippen LogP contribution in [0.15, 0.2) is 60.7 Å². The number of hydrogen-bond donors (Lipinski definition) is 0. The molecule has 2 aromatic carbocycles. The zero-order valence-corrected chi connectivity index (χ0v) is 22.6. The summed E-state index contributed by atoms with van der Waals surface area (Å²) in [5.74, 6) is 1.68. The van der Waals surface area contributed by atoms with Crippen molar-refractivity contribution in [1.29, 1.82) is 0 Å². The molecule has 0 aliphatic rings.